The van der Waals surface area contributed by atoms with E-state index < -0.39 is 12.6 Å². The molecule has 0 spiro atoms. The lowest BCUT2D eigenvalue weighted by atomic mass is 10.2. The molecule has 0 unspecified atom stereocenters. The van der Waals surface area contributed by atoms with E-state index in [2.05, 4.69) is 27.2 Å². The van der Waals surface area contributed by atoms with Gasteiger partial charge in [-0.3, -0.25) is 0 Å². The first-order valence-corrected chi connectivity index (χ1v) is 7.34. The van der Waals surface area contributed by atoms with Crippen molar-refractivity contribution in [2.45, 2.75) is 32.0 Å². The molecule has 0 aliphatic heterocycles. The van der Waals surface area contributed by atoms with Crippen molar-refractivity contribution >= 4 is 15.9 Å². The summed E-state index contributed by atoms with van der Waals surface area (Å²) < 4.78 is 42.3. The molecule has 0 aromatic heterocycles. The molecule has 1 aromatic rings. The Morgan fingerprint density at radius 2 is 2.05 bits per heavy atom. The van der Waals surface area contributed by atoms with E-state index in [1.54, 1.807) is 0 Å². The van der Waals surface area contributed by atoms with Gasteiger partial charge in [-0.1, -0.05) is 21.9 Å². The fourth-order valence-corrected chi connectivity index (χ4v) is 2.15. The number of halogens is 4. The van der Waals surface area contributed by atoms with Crippen LogP contribution in [0.4, 0.5) is 13.2 Å². The summed E-state index contributed by atoms with van der Waals surface area (Å²) in [4.78, 5) is 0. The van der Waals surface area contributed by atoms with Crippen LogP contribution < -0.4 is 10.1 Å². The second-order valence-electron chi connectivity index (χ2n) is 4.49. The highest BCUT2D eigenvalue weighted by Gasteiger charge is 2.25. The molecule has 1 aromatic carbocycles. The first kappa shape index (κ1) is 17.9. The van der Waals surface area contributed by atoms with Crippen LogP contribution in [-0.2, 0) is 6.54 Å². The van der Waals surface area contributed by atoms with Gasteiger partial charge in [0.2, 0.25) is 0 Å². The van der Waals surface area contributed by atoms with E-state index in [4.69, 9.17) is 11.2 Å². The molecule has 0 amide bonds. The summed E-state index contributed by atoms with van der Waals surface area (Å²) in [5.74, 6) is 3.07. The first-order chi connectivity index (χ1) is 9.92. The minimum absolute atomic E-state index is 0.134. The predicted molar refractivity (Wildman–Crippen MR) is 80.1 cm³/mol. The molecule has 21 heavy (non-hydrogen) atoms. The van der Waals surface area contributed by atoms with Gasteiger partial charge in [0.1, 0.15) is 12.4 Å². The fourth-order valence-electron chi connectivity index (χ4n) is 1.74. The Morgan fingerprint density at radius 1 is 1.29 bits per heavy atom. The van der Waals surface area contributed by atoms with E-state index in [0.29, 0.717) is 25.3 Å². The Labute approximate surface area is 131 Å². The Morgan fingerprint density at radius 3 is 2.71 bits per heavy atom. The highest BCUT2D eigenvalue weighted by molar-refractivity contribution is 9.10. The van der Waals surface area contributed by atoms with Crippen LogP contribution in [0.25, 0.3) is 0 Å². The van der Waals surface area contributed by atoms with Crippen molar-refractivity contribution in [1.29, 1.82) is 0 Å². The lowest BCUT2D eigenvalue weighted by molar-refractivity contribution is -0.135. The van der Waals surface area contributed by atoms with Crippen molar-refractivity contribution in [1.82, 2.24) is 5.32 Å². The van der Waals surface area contributed by atoms with Gasteiger partial charge in [-0.25, -0.2) is 0 Å². The minimum atomic E-state index is -4.07. The van der Waals surface area contributed by atoms with E-state index >= 15 is 0 Å². The Bertz CT molecular complexity index is 483. The van der Waals surface area contributed by atoms with Crippen LogP contribution in [0.15, 0.2) is 22.7 Å². The van der Waals surface area contributed by atoms with Gasteiger partial charge in [-0.05, 0) is 37.6 Å². The van der Waals surface area contributed by atoms with Gasteiger partial charge in [-0.2, -0.15) is 13.2 Å². The summed E-state index contributed by atoms with van der Waals surface area (Å²) in [6.07, 6.45) is 0.966. The van der Waals surface area contributed by atoms with Gasteiger partial charge < -0.3 is 10.1 Å². The van der Waals surface area contributed by atoms with E-state index in [-0.39, 0.29) is 13.0 Å². The van der Waals surface area contributed by atoms with E-state index in [9.17, 15) is 13.2 Å². The summed E-state index contributed by atoms with van der Waals surface area (Å²) in [6, 6.07) is 5.55. The number of terminal acetylenes is 1. The van der Waals surface area contributed by atoms with Crippen LogP contribution in [0, 0.1) is 12.3 Å². The Hall–Kier alpha value is -1.19. The number of hydrogen-bond acceptors (Lipinski definition) is 2. The zero-order valence-corrected chi connectivity index (χ0v) is 13.1. The smallest absolute Gasteiger partial charge is 0.389 e. The summed E-state index contributed by atoms with van der Waals surface area (Å²) in [6.45, 7) is 1.22. The molecule has 0 bridgehead atoms. The van der Waals surface area contributed by atoms with Gasteiger partial charge in [-0.15, -0.1) is 6.42 Å². The molecule has 0 heterocycles. The third-order valence-corrected chi connectivity index (χ3v) is 3.21. The minimum Gasteiger partial charge on any atom is -0.481 e. The van der Waals surface area contributed by atoms with Gasteiger partial charge in [0.05, 0.1) is 0 Å². The van der Waals surface area contributed by atoms with Crippen molar-refractivity contribution < 1.29 is 17.9 Å². The topological polar surface area (TPSA) is 21.3 Å². The van der Waals surface area contributed by atoms with Crippen LogP contribution in [0.1, 0.15) is 24.8 Å². The van der Waals surface area contributed by atoms with Gasteiger partial charge in [0.15, 0.2) is 0 Å². The largest absolute Gasteiger partial charge is 0.481 e. The average molecular weight is 364 g/mol. The SMILES string of the molecule is C#CCOc1ccc(Br)cc1CNCCCCC(F)(F)F. The molecule has 0 atom stereocenters. The van der Waals surface area contributed by atoms with Gasteiger partial charge >= 0.3 is 6.18 Å². The summed E-state index contributed by atoms with van der Waals surface area (Å²) in [5, 5.41) is 3.11. The normalized spacial score (nSPS) is 11.2. The molecule has 116 valence electrons. The molecule has 1 rings (SSSR count). The number of unbranched alkanes of at least 4 members (excludes halogenated alkanes) is 1. The number of benzene rings is 1. The molecule has 0 saturated heterocycles. The van der Waals surface area contributed by atoms with Crippen molar-refractivity contribution in [3.8, 4) is 18.1 Å². The number of nitrogens with one attached hydrogen (secondary N) is 1. The van der Waals surface area contributed by atoms with E-state index in [0.717, 1.165) is 10.0 Å². The molecule has 6 heteroatoms. The molecule has 0 radical (unpaired) electrons. The maximum Gasteiger partial charge on any atom is 0.389 e. The number of rotatable bonds is 8. The van der Waals surface area contributed by atoms with Crippen molar-refractivity contribution in [3.63, 3.8) is 0 Å². The third-order valence-electron chi connectivity index (χ3n) is 2.71. The van der Waals surface area contributed by atoms with E-state index in [1.165, 1.54) is 0 Å². The highest BCUT2D eigenvalue weighted by atomic mass is 79.9. The molecule has 0 fully saturated rings. The molecular formula is C15H17BrF3NO. The quantitative estimate of drug-likeness (QED) is 0.549. The Kier molecular flexibility index (Phi) is 7.62. The first-order valence-electron chi connectivity index (χ1n) is 6.54. The van der Waals surface area contributed by atoms with Crippen LogP contribution in [0.2, 0.25) is 0 Å². The number of ether oxygens (including phenoxy) is 1. The van der Waals surface area contributed by atoms with Crippen LogP contribution in [0.3, 0.4) is 0 Å². The lowest BCUT2D eigenvalue weighted by Gasteiger charge is -2.11. The Balaban J connectivity index is 2.37. The van der Waals surface area contributed by atoms with Gasteiger partial charge in [0, 0.05) is 23.0 Å². The highest BCUT2D eigenvalue weighted by Crippen LogP contribution is 2.24. The second-order valence-corrected chi connectivity index (χ2v) is 5.41. The van der Waals surface area contributed by atoms with Crippen LogP contribution in [-0.4, -0.2) is 19.3 Å². The summed E-state index contributed by atoms with van der Waals surface area (Å²) in [5.41, 5.74) is 0.912. The molecule has 0 saturated carbocycles. The zero-order valence-electron chi connectivity index (χ0n) is 11.5. The average Bonchev–Trinajstić information content (AvgIpc) is 2.40. The predicted octanol–water partition coefficient (Wildman–Crippen LogP) is 4.28. The maximum absolute atomic E-state index is 12.0. The summed E-state index contributed by atoms with van der Waals surface area (Å²) in [7, 11) is 0. The molecule has 0 aliphatic carbocycles. The number of alkyl halides is 3. The molecular weight excluding hydrogens is 347 g/mol. The number of hydrogen-bond donors (Lipinski definition) is 1. The second kappa shape index (κ2) is 8.96. The molecule has 0 aliphatic rings. The summed E-state index contributed by atoms with van der Waals surface area (Å²) >= 11 is 3.37. The maximum atomic E-state index is 12.0. The van der Waals surface area contributed by atoms with Crippen molar-refractivity contribution in [2.75, 3.05) is 13.2 Å². The monoisotopic (exact) mass is 363 g/mol. The molecule has 1 N–H and O–H groups in total. The van der Waals surface area contributed by atoms with E-state index in [1.807, 2.05) is 18.2 Å². The molecule has 2 nitrogen and oxygen atoms in total. The van der Waals surface area contributed by atoms with Crippen molar-refractivity contribution in [2.24, 2.45) is 0 Å². The lowest BCUT2D eigenvalue weighted by Crippen LogP contribution is -2.16. The fraction of sp³-hybridized carbons (Fsp3) is 0.467. The van der Waals surface area contributed by atoms with Crippen LogP contribution in [0.5, 0.6) is 5.75 Å². The van der Waals surface area contributed by atoms with Crippen molar-refractivity contribution in [3.05, 3.63) is 28.2 Å². The van der Waals surface area contributed by atoms with Crippen LogP contribution >= 0.6 is 15.9 Å². The standard InChI is InChI=1S/C15H17BrF3NO/c1-2-9-21-14-6-5-13(16)10-12(14)11-20-8-4-3-7-15(17,18)19/h1,5-6,10,20H,3-4,7-9,11H2. The third kappa shape index (κ3) is 7.98. The van der Waals surface area contributed by atoms with Gasteiger partial charge in [0.25, 0.3) is 0 Å². The zero-order chi connectivity index (χ0) is 15.7.